The van der Waals surface area contributed by atoms with Gasteiger partial charge in [-0.05, 0) is 42.1 Å². The highest BCUT2D eigenvalue weighted by atomic mass is 19.1. The van der Waals surface area contributed by atoms with Crippen LogP contribution in [0.25, 0.3) is 16.3 Å². The van der Waals surface area contributed by atoms with Gasteiger partial charge in [-0.2, -0.15) is 4.99 Å². The predicted octanol–water partition coefficient (Wildman–Crippen LogP) is 3.17. The van der Waals surface area contributed by atoms with Crippen molar-refractivity contribution in [2.75, 3.05) is 0 Å². The molecule has 4 N–H and O–H groups in total. The average Bonchev–Trinajstić information content (AvgIpc) is 2.55. The van der Waals surface area contributed by atoms with Crippen LogP contribution in [-0.2, 0) is 0 Å². The van der Waals surface area contributed by atoms with Crippen LogP contribution in [0.2, 0.25) is 0 Å². The van der Waals surface area contributed by atoms with E-state index in [2.05, 4.69) is 16.7 Å². The van der Waals surface area contributed by atoms with Gasteiger partial charge in [0.1, 0.15) is 5.83 Å². The quantitative estimate of drug-likeness (QED) is 0.514. The molecule has 0 spiro atoms. The number of benzene rings is 2. The van der Waals surface area contributed by atoms with Crippen LogP contribution >= 0.6 is 0 Å². The summed E-state index contributed by atoms with van der Waals surface area (Å²) in [5.74, 6) is -1.38. The molecule has 1 amide bonds. The molecule has 0 aliphatic heterocycles. The first-order valence-corrected chi connectivity index (χ1v) is 7.13. The summed E-state index contributed by atoms with van der Waals surface area (Å²) in [5.41, 5.74) is 11.8. The van der Waals surface area contributed by atoms with Crippen LogP contribution in [0.5, 0.6) is 0 Å². The number of aliphatic imine (C=N–C) groups is 2. The Morgan fingerprint density at radius 1 is 1.25 bits per heavy atom. The van der Waals surface area contributed by atoms with E-state index in [0.29, 0.717) is 22.1 Å². The van der Waals surface area contributed by atoms with Crippen molar-refractivity contribution in [3.05, 3.63) is 65.6 Å². The third-order valence-electron chi connectivity index (χ3n) is 3.40. The normalized spacial score (nSPS) is 12.1. The largest absolute Gasteiger partial charge is 0.370 e. The number of carbonyl (C=O) groups excluding carboxylic acids is 1. The van der Waals surface area contributed by atoms with Crippen LogP contribution < -0.4 is 11.5 Å². The van der Waals surface area contributed by atoms with Gasteiger partial charge in [-0.15, -0.1) is 0 Å². The molecule has 0 aromatic heterocycles. The summed E-state index contributed by atoms with van der Waals surface area (Å²) in [4.78, 5) is 19.0. The van der Waals surface area contributed by atoms with Crippen LogP contribution in [0.4, 0.5) is 4.39 Å². The Morgan fingerprint density at radius 3 is 2.62 bits per heavy atom. The molecule has 0 unspecified atom stereocenters. The lowest BCUT2D eigenvalue weighted by molar-refractivity contribution is 0.100. The van der Waals surface area contributed by atoms with Gasteiger partial charge >= 0.3 is 0 Å². The molecule has 0 bridgehead atoms. The molecule has 2 rings (SSSR count). The van der Waals surface area contributed by atoms with Crippen molar-refractivity contribution >= 4 is 34.9 Å². The fourth-order valence-corrected chi connectivity index (χ4v) is 2.39. The van der Waals surface area contributed by atoms with Crippen LogP contribution in [-0.4, -0.2) is 18.6 Å². The number of hydrogen-bond donors (Lipinski definition) is 2. The van der Waals surface area contributed by atoms with E-state index < -0.39 is 11.7 Å². The molecular formula is C18H17FN4O. The van der Waals surface area contributed by atoms with Crippen molar-refractivity contribution in [2.24, 2.45) is 21.5 Å². The fourth-order valence-electron chi connectivity index (χ4n) is 2.39. The van der Waals surface area contributed by atoms with E-state index in [1.165, 1.54) is 0 Å². The molecule has 0 saturated carbocycles. The third kappa shape index (κ3) is 3.55. The number of guanidine groups is 1. The fraction of sp³-hybridized carbons (Fsp3) is 0.0556. The Balaban J connectivity index is 2.67. The van der Waals surface area contributed by atoms with E-state index >= 15 is 0 Å². The molecular weight excluding hydrogens is 307 g/mol. The van der Waals surface area contributed by atoms with Crippen molar-refractivity contribution in [3.8, 4) is 0 Å². The van der Waals surface area contributed by atoms with E-state index in [-0.39, 0.29) is 5.96 Å². The van der Waals surface area contributed by atoms with Gasteiger partial charge in [0, 0.05) is 11.1 Å². The number of halogens is 1. The average molecular weight is 324 g/mol. The van der Waals surface area contributed by atoms with Gasteiger partial charge in [0.2, 0.25) is 0 Å². The summed E-state index contributed by atoms with van der Waals surface area (Å²) in [6.45, 7) is 4.98. The highest BCUT2D eigenvalue weighted by molar-refractivity contribution is 6.06. The van der Waals surface area contributed by atoms with Crippen LogP contribution in [0.1, 0.15) is 22.8 Å². The maximum atomic E-state index is 14.3. The van der Waals surface area contributed by atoms with Crippen molar-refractivity contribution in [1.82, 2.24) is 0 Å². The van der Waals surface area contributed by atoms with Crippen molar-refractivity contribution in [2.45, 2.75) is 6.92 Å². The summed E-state index contributed by atoms with van der Waals surface area (Å²) in [6.07, 6.45) is 2.68. The molecule has 0 saturated heterocycles. The standard InChI is InChI=1S/C18H17FN4O/c1-3-13(16(19)10-22-2)14-6-4-5-11-7-8-12(9-15(11)14)17(24)23-18(20)21/h3-10H,2H2,1H3,(H4,20,21,23,24)/b13-3-,16-10+. The van der Waals surface area contributed by atoms with Crippen LogP contribution in [0.15, 0.2) is 64.5 Å². The summed E-state index contributed by atoms with van der Waals surface area (Å²) < 4.78 is 14.3. The van der Waals surface area contributed by atoms with Gasteiger partial charge in [-0.1, -0.05) is 30.3 Å². The number of nitrogens with two attached hydrogens (primary N) is 2. The molecule has 0 radical (unpaired) electrons. The predicted molar refractivity (Wildman–Crippen MR) is 96.5 cm³/mol. The van der Waals surface area contributed by atoms with Gasteiger partial charge in [0.15, 0.2) is 5.96 Å². The zero-order valence-electron chi connectivity index (χ0n) is 13.2. The summed E-state index contributed by atoms with van der Waals surface area (Å²) in [6, 6.07) is 10.5. The summed E-state index contributed by atoms with van der Waals surface area (Å²) in [5, 5.41) is 1.56. The Morgan fingerprint density at radius 2 is 2.00 bits per heavy atom. The minimum atomic E-state index is -0.558. The van der Waals surface area contributed by atoms with Gasteiger partial charge in [0.05, 0.1) is 6.20 Å². The van der Waals surface area contributed by atoms with Crippen molar-refractivity contribution < 1.29 is 9.18 Å². The molecule has 6 heteroatoms. The van der Waals surface area contributed by atoms with Crippen LogP contribution in [0, 0.1) is 0 Å². The topological polar surface area (TPSA) is 93.8 Å². The first-order chi connectivity index (χ1) is 11.5. The van der Waals surface area contributed by atoms with E-state index in [1.54, 1.807) is 37.3 Å². The van der Waals surface area contributed by atoms with Gasteiger partial charge in [0.25, 0.3) is 5.91 Å². The SMILES string of the molecule is C=N/C=C(F)\C(=C/C)c1cccc2ccc(C(=O)N=C(N)N)cc12. The third-order valence-corrected chi connectivity index (χ3v) is 3.40. The maximum Gasteiger partial charge on any atom is 0.280 e. The first-order valence-electron chi connectivity index (χ1n) is 7.13. The summed E-state index contributed by atoms with van der Waals surface area (Å²) >= 11 is 0. The van der Waals surface area contributed by atoms with Crippen molar-refractivity contribution in [3.63, 3.8) is 0 Å². The van der Waals surface area contributed by atoms with Crippen molar-refractivity contribution in [1.29, 1.82) is 0 Å². The zero-order chi connectivity index (χ0) is 17.7. The Kier molecular flexibility index (Phi) is 5.21. The molecule has 0 atom stereocenters. The lowest BCUT2D eigenvalue weighted by Crippen LogP contribution is -2.24. The molecule has 24 heavy (non-hydrogen) atoms. The van der Waals surface area contributed by atoms with E-state index in [1.807, 2.05) is 12.1 Å². The Labute approximate surface area is 138 Å². The number of fused-ring (bicyclic) bond motifs is 1. The smallest absolute Gasteiger partial charge is 0.280 e. The second-order valence-electron chi connectivity index (χ2n) is 4.95. The van der Waals surface area contributed by atoms with Gasteiger partial charge < -0.3 is 11.5 Å². The maximum absolute atomic E-state index is 14.3. The molecule has 2 aromatic carbocycles. The highest BCUT2D eigenvalue weighted by Crippen LogP contribution is 2.31. The van der Waals surface area contributed by atoms with E-state index in [9.17, 15) is 9.18 Å². The first kappa shape index (κ1) is 17.1. The molecule has 122 valence electrons. The number of carbonyl (C=O) groups is 1. The van der Waals surface area contributed by atoms with Gasteiger partial charge in [-0.25, -0.2) is 4.39 Å². The van der Waals surface area contributed by atoms with Crippen LogP contribution in [0.3, 0.4) is 0 Å². The minimum absolute atomic E-state index is 0.310. The van der Waals surface area contributed by atoms with Gasteiger partial charge in [-0.3, -0.25) is 9.79 Å². The zero-order valence-corrected chi connectivity index (χ0v) is 13.2. The Hall–Kier alpha value is -3.28. The number of allylic oxidation sites excluding steroid dienone is 3. The molecule has 2 aromatic rings. The Bertz CT molecular complexity index is 893. The second-order valence-corrected chi connectivity index (χ2v) is 4.95. The minimum Gasteiger partial charge on any atom is -0.370 e. The number of nitrogens with zero attached hydrogens (tertiary/aromatic N) is 2. The van der Waals surface area contributed by atoms with E-state index in [4.69, 9.17) is 11.5 Å². The lowest BCUT2D eigenvalue weighted by atomic mass is 9.95. The molecule has 0 aliphatic rings. The molecule has 0 aliphatic carbocycles. The number of rotatable bonds is 4. The lowest BCUT2D eigenvalue weighted by Gasteiger charge is -2.10. The monoisotopic (exact) mass is 324 g/mol. The molecule has 5 nitrogen and oxygen atoms in total. The van der Waals surface area contributed by atoms with E-state index in [0.717, 1.165) is 11.6 Å². The molecule has 0 fully saturated rings. The highest BCUT2D eigenvalue weighted by Gasteiger charge is 2.13. The second kappa shape index (κ2) is 7.32. The molecule has 0 heterocycles. The number of hydrogen-bond acceptors (Lipinski definition) is 2. The summed E-state index contributed by atoms with van der Waals surface area (Å²) in [7, 11) is 0. The number of amides is 1.